The Kier molecular flexibility index (Phi) is 5.89. The van der Waals surface area contributed by atoms with Crippen molar-refractivity contribution in [3.63, 3.8) is 0 Å². The van der Waals surface area contributed by atoms with E-state index >= 15 is 0 Å². The van der Waals surface area contributed by atoms with Crippen molar-refractivity contribution >= 4 is 12.0 Å². The zero-order valence-electron chi connectivity index (χ0n) is 15.0. The third kappa shape index (κ3) is 4.83. The molecule has 1 aliphatic rings. The Labute approximate surface area is 160 Å². The monoisotopic (exact) mass is 390 g/mol. The van der Waals surface area contributed by atoms with Crippen LogP contribution in [0.5, 0.6) is 0 Å². The van der Waals surface area contributed by atoms with Gasteiger partial charge in [-0.1, -0.05) is 24.3 Å². The number of rotatable bonds is 5. The summed E-state index contributed by atoms with van der Waals surface area (Å²) in [7, 11) is 0. The number of alkyl carbamates (subject to hydrolysis) is 1. The molecule has 0 saturated carbocycles. The van der Waals surface area contributed by atoms with Crippen LogP contribution < -0.4 is 5.32 Å². The van der Waals surface area contributed by atoms with E-state index < -0.39 is 23.6 Å². The first-order chi connectivity index (χ1) is 13.4. The fraction of sp³-hybridized carbons (Fsp3) is 0.300. The van der Waals surface area contributed by atoms with Gasteiger partial charge in [0.2, 0.25) is 0 Å². The van der Waals surface area contributed by atoms with Gasteiger partial charge in [-0.2, -0.15) is 0 Å². The highest BCUT2D eigenvalue weighted by molar-refractivity contribution is 5.86. The number of piperidine rings is 1. The van der Waals surface area contributed by atoms with E-state index in [0.717, 1.165) is 0 Å². The minimum Gasteiger partial charge on any atom is -0.407 e. The molecule has 0 aromatic heterocycles. The van der Waals surface area contributed by atoms with Crippen LogP contribution in [-0.2, 0) is 22.6 Å². The highest BCUT2D eigenvalue weighted by atomic mass is 19.1. The molecule has 0 spiro atoms. The van der Waals surface area contributed by atoms with Crippen molar-refractivity contribution in [3.8, 4) is 0 Å². The van der Waals surface area contributed by atoms with Crippen LogP contribution in [0.15, 0.2) is 48.5 Å². The van der Waals surface area contributed by atoms with Crippen LogP contribution in [0.2, 0.25) is 0 Å². The largest absolute Gasteiger partial charge is 0.410 e. The molecule has 0 aliphatic carbocycles. The number of amides is 2. The van der Waals surface area contributed by atoms with Gasteiger partial charge in [0.05, 0.1) is 0 Å². The van der Waals surface area contributed by atoms with Crippen molar-refractivity contribution in [2.45, 2.75) is 31.7 Å². The van der Waals surface area contributed by atoms with E-state index in [1.165, 1.54) is 35.2 Å². The van der Waals surface area contributed by atoms with Gasteiger partial charge in [0.25, 0.3) is 11.7 Å². The lowest BCUT2D eigenvalue weighted by atomic mass is 10.0. The molecule has 2 aromatic carbocycles. The molecule has 0 radical (unpaired) electrons. The summed E-state index contributed by atoms with van der Waals surface area (Å²) in [6, 6.07) is 11.3. The van der Waals surface area contributed by atoms with Crippen molar-refractivity contribution in [3.05, 3.63) is 71.3 Å². The molecular formula is C20H20F2N2O4. The minimum absolute atomic E-state index is 0.0137. The van der Waals surface area contributed by atoms with Gasteiger partial charge in [-0.3, -0.25) is 4.79 Å². The molecule has 1 atom stereocenters. The van der Waals surface area contributed by atoms with Crippen molar-refractivity contribution in [2.75, 3.05) is 6.54 Å². The fourth-order valence-corrected chi connectivity index (χ4v) is 3.03. The second kappa shape index (κ2) is 8.35. The van der Waals surface area contributed by atoms with Gasteiger partial charge in [-0.25, -0.2) is 13.6 Å². The minimum atomic E-state index is -2.27. The van der Waals surface area contributed by atoms with E-state index in [4.69, 9.17) is 4.74 Å². The Balaban J connectivity index is 1.59. The molecular weight excluding hydrogens is 370 g/mol. The Morgan fingerprint density at radius 1 is 1.14 bits per heavy atom. The molecule has 1 unspecified atom stereocenters. The van der Waals surface area contributed by atoms with Crippen LogP contribution in [0.1, 0.15) is 24.0 Å². The number of nitrogens with one attached hydrogen (secondary N) is 1. The molecule has 2 amide bonds. The molecule has 1 fully saturated rings. The second-order valence-corrected chi connectivity index (χ2v) is 6.61. The molecule has 2 aromatic rings. The van der Waals surface area contributed by atoms with Crippen LogP contribution in [0.25, 0.3) is 0 Å². The van der Waals surface area contributed by atoms with E-state index in [2.05, 4.69) is 5.32 Å². The molecule has 1 saturated heterocycles. The Hall–Kier alpha value is -3.00. The first kappa shape index (κ1) is 19.8. The van der Waals surface area contributed by atoms with Crippen LogP contribution in [0.3, 0.4) is 0 Å². The van der Waals surface area contributed by atoms with Gasteiger partial charge >= 0.3 is 6.09 Å². The van der Waals surface area contributed by atoms with Crippen LogP contribution in [0.4, 0.5) is 13.6 Å². The van der Waals surface area contributed by atoms with E-state index in [1.807, 2.05) is 0 Å². The summed E-state index contributed by atoms with van der Waals surface area (Å²) in [6.07, 6.45) is -0.580. The summed E-state index contributed by atoms with van der Waals surface area (Å²) in [4.78, 5) is 26.0. The number of halogens is 2. The average molecular weight is 390 g/mol. The molecule has 2 N–H and O–H groups in total. The van der Waals surface area contributed by atoms with E-state index in [-0.39, 0.29) is 25.3 Å². The first-order valence-corrected chi connectivity index (χ1v) is 8.83. The maximum atomic E-state index is 13.2. The Bertz CT molecular complexity index is 860. The number of likely N-dealkylation sites (tertiary alicyclic amines) is 1. The molecule has 28 heavy (non-hydrogen) atoms. The third-order valence-electron chi connectivity index (χ3n) is 4.44. The molecule has 148 valence electrons. The SMILES string of the molecule is O=C(NCc1cccc(F)c1)OC1(O)CCCN(Cc2ccc(F)cc2)C1=O. The molecule has 0 bridgehead atoms. The average Bonchev–Trinajstić information content (AvgIpc) is 2.66. The predicted octanol–water partition coefficient (Wildman–Crippen LogP) is 2.70. The number of carbonyl (C=O) groups is 2. The highest BCUT2D eigenvalue weighted by Crippen LogP contribution is 2.25. The van der Waals surface area contributed by atoms with Crippen LogP contribution in [-0.4, -0.2) is 34.3 Å². The lowest BCUT2D eigenvalue weighted by molar-refractivity contribution is -0.206. The Morgan fingerprint density at radius 2 is 1.89 bits per heavy atom. The zero-order chi connectivity index (χ0) is 20.1. The number of carbonyl (C=O) groups excluding carboxylic acids is 2. The van der Waals surface area contributed by atoms with Gasteiger partial charge in [-0.15, -0.1) is 0 Å². The zero-order valence-corrected chi connectivity index (χ0v) is 15.0. The standard InChI is InChI=1S/C20H20F2N2O4/c21-16-7-5-14(6-8-16)13-24-10-2-9-20(27,18(24)25)28-19(26)23-12-15-3-1-4-17(22)11-15/h1,3-8,11,27H,2,9-10,12-13H2,(H,23,26). The smallest absolute Gasteiger partial charge is 0.407 e. The topological polar surface area (TPSA) is 78.9 Å². The second-order valence-electron chi connectivity index (χ2n) is 6.61. The number of benzene rings is 2. The normalized spacial score (nSPS) is 19.4. The van der Waals surface area contributed by atoms with Crippen LogP contribution >= 0.6 is 0 Å². The third-order valence-corrected chi connectivity index (χ3v) is 4.44. The molecule has 1 heterocycles. The summed E-state index contributed by atoms with van der Waals surface area (Å²) in [6.45, 7) is 0.530. The van der Waals surface area contributed by atoms with Crippen molar-refractivity contribution in [2.24, 2.45) is 0 Å². The molecule has 6 nitrogen and oxygen atoms in total. The first-order valence-electron chi connectivity index (χ1n) is 8.83. The highest BCUT2D eigenvalue weighted by Gasteiger charge is 2.46. The van der Waals surface area contributed by atoms with Crippen molar-refractivity contribution < 1.29 is 28.2 Å². The van der Waals surface area contributed by atoms with Gasteiger partial charge in [0.1, 0.15) is 11.6 Å². The van der Waals surface area contributed by atoms with E-state index in [0.29, 0.717) is 24.1 Å². The maximum absolute atomic E-state index is 13.2. The van der Waals surface area contributed by atoms with E-state index in [1.54, 1.807) is 18.2 Å². The van der Waals surface area contributed by atoms with Gasteiger partial charge in [0, 0.05) is 26.1 Å². The molecule has 3 rings (SSSR count). The summed E-state index contributed by atoms with van der Waals surface area (Å²) < 4.78 is 31.2. The van der Waals surface area contributed by atoms with Gasteiger partial charge < -0.3 is 20.1 Å². The Morgan fingerprint density at radius 3 is 2.61 bits per heavy atom. The van der Waals surface area contributed by atoms with Crippen molar-refractivity contribution in [1.82, 2.24) is 10.2 Å². The molecule has 8 heteroatoms. The van der Waals surface area contributed by atoms with Gasteiger partial charge in [-0.05, 0) is 41.8 Å². The van der Waals surface area contributed by atoms with Crippen molar-refractivity contribution in [1.29, 1.82) is 0 Å². The van der Waals surface area contributed by atoms with Gasteiger partial charge in [0.15, 0.2) is 0 Å². The predicted molar refractivity (Wildman–Crippen MR) is 95.7 cm³/mol. The van der Waals surface area contributed by atoms with Crippen LogP contribution in [0, 0.1) is 11.6 Å². The lowest BCUT2D eigenvalue weighted by Crippen LogP contribution is -2.56. The summed E-state index contributed by atoms with van der Waals surface area (Å²) in [5, 5.41) is 12.9. The number of hydrogen-bond donors (Lipinski definition) is 2. The maximum Gasteiger partial charge on any atom is 0.410 e. The number of nitrogens with zero attached hydrogens (tertiary/aromatic N) is 1. The summed E-state index contributed by atoms with van der Waals surface area (Å²) >= 11 is 0. The fourth-order valence-electron chi connectivity index (χ4n) is 3.03. The number of hydrogen-bond acceptors (Lipinski definition) is 4. The van der Waals surface area contributed by atoms with E-state index in [9.17, 15) is 23.5 Å². The summed E-state index contributed by atoms with van der Waals surface area (Å²) in [5.74, 6) is -3.83. The lowest BCUT2D eigenvalue weighted by Gasteiger charge is -2.37. The molecule has 1 aliphatic heterocycles. The quantitative estimate of drug-likeness (QED) is 0.770. The number of aliphatic hydroxyl groups is 1. The summed E-state index contributed by atoms with van der Waals surface area (Å²) in [5.41, 5.74) is 1.20. The number of ether oxygens (including phenoxy) is 1.